The van der Waals surface area contributed by atoms with Gasteiger partial charge in [0.2, 0.25) is 0 Å². The Morgan fingerprint density at radius 3 is 3.06 bits per heavy atom. The number of hydrogen-bond acceptors (Lipinski definition) is 3. The highest BCUT2D eigenvalue weighted by atomic mass is 79.9. The van der Waals surface area contributed by atoms with E-state index in [1.54, 1.807) is 7.11 Å². The monoisotopic (exact) mass is 312 g/mol. The second-order valence-corrected chi connectivity index (χ2v) is 5.64. The summed E-state index contributed by atoms with van der Waals surface area (Å²) in [6.07, 6.45) is 1.25. The number of nitrogens with zero attached hydrogens (tertiary/aromatic N) is 1. The maximum absolute atomic E-state index is 5.45. The Balaban J connectivity index is 2.06. The van der Waals surface area contributed by atoms with Crippen LogP contribution in [0.5, 0.6) is 5.75 Å². The second-order valence-electron chi connectivity index (χ2n) is 4.72. The van der Waals surface area contributed by atoms with Gasteiger partial charge in [0.1, 0.15) is 5.75 Å². The van der Waals surface area contributed by atoms with Crippen LogP contribution < -0.4 is 15.0 Å². The molecule has 0 aromatic heterocycles. The molecule has 1 aromatic rings. The molecule has 3 nitrogen and oxygen atoms in total. The van der Waals surface area contributed by atoms with Gasteiger partial charge in [0.25, 0.3) is 0 Å². The molecule has 1 N–H and O–H groups in total. The lowest BCUT2D eigenvalue weighted by atomic mass is 10.1. The van der Waals surface area contributed by atoms with Gasteiger partial charge in [-0.3, -0.25) is 0 Å². The zero-order valence-corrected chi connectivity index (χ0v) is 12.7. The first-order valence-corrected chi connectivity index (χ1v) is 7.33. The lowest BCUT2D eigenvalue weighted by Gasteiger charge is -2.21. The van der Waals surface area contributed by atoms with Gasteiger partial charge < -0.3 is 15.0 Å². The fraction of sp³-hybridized carbons (Fsp3) is 0.571. The van der Waals surface area contributed by atoms with E-state index < -0.39 is 0 Å². The van der Waals surface area contributed by atoms with Crippen molar-refractivity contribution in [3.63, 3.8) is 0 Å². The van der Waals surface area contributed by atoms with Crippen LogP contribution in [0.3, 0.4) is 0 Å². The predicted octanol–water partition coefficient (Wildman–Crippen LogP) is 2.89. The first-order valence-electron chi connectivity index (χ1n) is 6.53. The van der Waals surface area contributed by atoms with Crippen molar-refractivity contribution in [2.75, 3.05) is 38.2 Å². The number of rotatable bonds is 5. The number of ether oxygens (including phenoxy) is 1. The van der Waals surface area contributed by atoms with Gasteiger partial charge in [0.15, 0.2) is 0 Å². The molecular formula is C14H21BrN2O. The summed E-state index contributed by atoms with van der Waals surface area (Å²) >= 11 is 3.54. The number of nitrogens with one attached hydrogen (secondary N) is 1. The summed E-state index contributed by atoms with van der Waals surface area (Å²) in [5.74, 6) is 1.70. The van der Waals surface area contributed by atoms with E-state index in [9.17, 15) is 0 Å². The van der Waals surface area contributed by atoms with E-state index in [0.29, 0.717) is 0 Å². The molecule has 1 atom stereocenters. The SMILES string of the molecule is CCNCC1CCN(c2cc(Br)ccc2OC)C1. The number of benzene rings is 1. The average molecular weight is 313 g/mol. The highest BCUT2D eigenvalue weighted by molar-refractivity contribution is 9.10. The van der Waals surface area contributed by atoms with Crippen molar-refractivity contribution in [1.82, 2.24) is 5.32 Å². The molecule has 1 saturated heterocycles. The molecule has 0 radical (unpaired) electrons. The molecule has 1 unspecified atom stereocenters. The van der Waals surface area contributed by atoms with Crippen molar-refractivity contribution in [3.8, 4) is 5.75 Å². The molecule has 0 spiro atoms. The molecule has 2 rings (SSSR count). The van der Waals surface area contributed by atoms with Gasteiger partial charge in [-0.1, -0.05) is 22.9 Å². The van der Waals surface area contributed by atoms with Crippen molar-refractivity contribution in [2.45, 2.75) is 13.3 Å². The third kappa shape index (κ3) is 3.18. The fourth-order valence-corrected chi connectivity index (χ4v) is 2.83. The minimum atomic E-state index is 0.744. The summed E-state index contributed by atoms with van der Waals surface area (Å²) in [6.45, 7) is 6.55. The summed E-state index contributed by atoms with van der Waals surface area (Å²) in [5.41, 5.74) is 1.20. The fourth-order valence-electron chi connectivity index (χ4n) is 2.48. The largest absolute Gasteiger partial charge is 0.495 e. The van der Waals surface area contributed by atoms with Crippen molar-refractivity contribution < 1.29 is 4.74 Å². The van der Waals surface area contributed by atoms with Gasteiger partial charge >= 0.3 is 0 Å². The normalized spacial score (nSPS) is 19.3. The smallest absolute Gasteiger partial charge is 0.142 e. The van der Waals surface area contributed by atoms with E-state index in [2.05, 4.69) is 39.1 Å². The van der Waals surface area contributed by atoms with Gasteiger partial charge in [0, 0.05) is 17.6 Å². The minimum Gasteiger partial charge on any atom is -0.495 e. The molecule has 18 heavy (non-hydrogen) atoms. The van der Waals surface area contributed by atoms with Crippen LogP contribution in [0.2, 0.25) is 0 Å². The molecule has 1 aliphatic heterocycles. The Kier molecular flexibility index (Phi) is 4.89. The van der Waals surface area contributed by atoms with E-state index in [4.69, 9.17) is 4.74 Å². The van der Waals surface area contributed by atoms with Crippen molar-refractivity contribution in [3.05, 3.63) is 22.7 Å². The Hall–Kier alpha value is -0.740. The van der Waals surface area contributed by atoms with Crippen LogP contribution in [0.15, 0.2) is 22.7 Å². The molecular weight excluding hydrogens is 292 g/mol. The third-order valence-corrected chi connectivity index (χ3v) is 3.94. The lowest BCUT2D eigenvalue weighted by molar-refractivity contribution is 0.414. The van der Waals surface area contributed by atoms with Crippen LogP contribution >= 0.6 is 15.9 Å². The molecule has 1 fully saturated rings. The topological polar surface area (TPSA) is 24.5 Å². The second kappa shape index (κ2) is 6.43. The van der Waals surface area contributed by atoms with E-state index in [0.717, 1.165) is 42.3 Å². The zero-order chi connectivity index (χ0) is 13.0. The highest BCUT2D eigenvalue weighted by Gasteiger charge is 2.24. The van der Waals surface area contributed by atoms with Gasteiger partial charge in [-0.2, -0.15) is 0 Å². The van der Waals surface area contributed by atoms with Crippen LogP contribution in [0, 0.1) is 5.92 Å². The van der Waals surface area contributed by atoms with Crippen molar-refractivity contribution >= 4 is 21.6 Å². The summed E-state index contributed by atoms with van der Waals surface area (Å²) in [4.78, 5) is 2.42. The Morgan fingerprint density at radius 2 is 2.33 bits per heavy atom. The number of anilines is 1. The highest BCUT2D eigenvalue weighted by Crippen LogP contribution is 2.34. The van der Waals surface area contributed by atoms with Gasteiger partial charge in [-0.15, -0.1) is 0 Å². The maximum Gasteiger partial charge on any atom is 0.142 e. The van der Waals surface area contributed by atoms with Crippen LogP contribution in [0.25, 0.3) is 0 Å². The first kappa shape index (κ1) is 13.7. The number of halogens is 1. The number of methoxy groups -OCH3 is 1. The third-order valence-electron chi connectivity index (χ3n) is 3.45. The molecule has 0 bridgehead atoms. The molecule has 1 aliphatic rings. The molecule has 1 heterocycles. The van der Waals surface area contributed by atoms with E-state index in [1.807, 2.05) is 12.1 Å². The lowest BCUT2D eigenvalue weighted by Crippen LogP contribution is -2.26. The van der Waals surface area contributed by atoms with Crippen LogP contribution in [-0.2, 0) is 0 Å². The molecule has 4 heteroatoms. The summed E-state index contributed by atoms with van der Waals surface area (Å²) in [7, 11) is 1.74. The van der Waals surface area contributed by atoms with Crippen molar-refractivity contribution in [2.24, 2.45) is 5.92 Å². The predicted molar refractivity (Wildman–Crippen MR) is 79.6 cm³/mol. The van der Waals surface area contributed by atoms with E-state index in [-0.39, 0.29) is 0 Å². The number of hydrogen-bond donors (Lipinski definition) is 1. The standard InChI is InChI=1S/C14H21BrN2O/c1-3-16-9-11-6-7-17(10-11)13-8-12(15)4-5-14(13)18-2/h4-5,8,11,16H,3,6-7,9-10H2,1-2H3. The Morgan fingerprint density at radius 1 is 1.50 bits per heavy atom. The van der Waals surface area contributed by atoms with Crippen molar-refractivity contribution in [1.29, 1.82) is 0 Å². The summed E-state index contributed by atoms with van der Waals surface area (Å²) in [6, 6.07) is 6.19. The van der Waals surface area contributed by atoms with Crippen LogP contribution in [0.1, 0.15) is 13.3 Å². The minimum absolute atomic E-state index is 0.744. The molecule has 0 aliphatic carbocycles. The van der Waals surface area contributed by atoms with Crippen LogP contribution in [0.4, 0.5) is 5.69 Å². The summed E-state index contributed by atoms with van der Waals surface area (Å²) in [5, 5.41) is 3.44. The first-order chi connectivity index (χ1) is 8.74. The molecule has 1 aromatic carbocycles. The Bertz CT molecular complexity index is 397. The van der Waals surface area contributed by atoms with Crippen LogP contribution in [-0.4, -0.2) is 33.3 Å². The van der Waals surface area contributed by atoms with Gasteiger partial charge in [0.05, 0.1) is 12.8 Å². The van der Waals surface area contributed by atoms with Gasteiger partial charge in [-0.05, 0) is 43.6 Å². The average Bonchev–Trinajstić information content (AvgIpc) is 2.85. The molecule has 100 valence electrons. The Labute approximate surface area is 118 Å². The zero-order valence-electron chi connectivity index (χ0n) is 11.1. The van der Waals surface area contributed by atoms with Gasteiger partial charge in [-0.25, -0.2) is 0 Å². The van der Waals surface area contributed by atoms with E-state index >= 15 is 0 Å². The summed E-state index contributed by atoms with van der Waals surface area (Å²) < 4.78 is 6.56. The maximum atomic E-state index is 5.45. The van der Waals surface area contributed by atoms with E-state index in [1.165, 1.54) is 12.1 Å². The molecule has 0 amide bonds. The quantitative estimate of drug-likeness (QED) is 0.905. The molecule has 0 saturated carbocycles.